The molecule has 1 rings (SSSR count). The number of carbonyl (C=O) groups excluding carboxylic acids is 2. The molecule has 0 aliphatic rings. The molecule has 8 heteroatoms. The minimum Gasteiger partial charge on any atom is -0.464 e. The van der Waals surface area contributed by atoms with Crippen molar-refractivity contribution < 1.29 is 14.3 Å². The van der Waals surface area contributed by atoms with E-state index >= 15 is 0 Å². The van der Waals surface area contributed by atoms with Crippen molar-refractivity contribution in [2.45, 2.75) is 19.5 Å². The highest BCUT2D eigenvalue weighted by atomic mass is 16.5. The topological polar surface area (TPSA) is 112 Å². The maximum Gasteiger partial charge on any atom is 0.332 e. The van der Waals surface area contributed by atoms with Gasteiger partial charge in [-0.2, -0.15) is 5.10 Å². The quantitative estimate of drug-likeness (QED) is 0.470. The van der Waals surface area contributed by atoms with Gasteiger partial charge >= 0.3 is 5.97 Å². The van der Waals surface area contributed by atoms with E-state index in [2.05, 4.69) is 20.1 Å². The van der Waals surface area contributed by atoms with Gasteiger partial charge in [-0.3, -0.25) is 9.48 Å². The van der Waals surface area contributed by atoms with E-state index in [-0.39, 0.29) is 13.2 Å². The summed E-state index contributed by atoms with van der Waals surface area (Å²) in [5, 5.41) is 6.41. The number of rotatable bonds is 5. The second-order valence-electron chi connectivity index (χ2n) is 3.28. The number of aryl methyl sites for hydroxylation is 1. The molecule has 0 aliphatic carbocycles. The van der Waals surface area contributed by atoms with Gasteiger partial charge in [0.05, 0.1) is 13.2 Å². The molecule has 1 heterocycles. The van der Waals surface area contributed by atoms with E-state index in [1.807, 2.05) is 0 Å². The molecule has 1 aromatic rings. The predicted octanol–water partition coefficient (Wildman–Crippen LogP) is -1.68. The number of hydrogen-bond donors (Lipinski definition) is 2. The molecular formula is C9H15N5O3. The molecular weight excluding hydrogens is 226 g/mol. The van der Waals surface area contributed by atoms with Gasteiger partial charge in [0.25, 0.3) is 0 Å². The van der Waals surface area contributed by atoms with Crippen LogP contribution in [0.15, 0.2) is 6.33 Å². The Morgan fingerprint density at radius 3 is 2.88 bits per heavy atom. The van der Waals surface area contributed by atoms with E-state index in [1.165, 1.54) is 11.0 Å². The zero-order chi connectivity index (χ0) is 12.8. The molecule has 0 spiro atoms. The van der Waals surface area contributed by atoms with Crippen LogP contribution in [0.4, 0.5) is 0 Å². The Kier molecular flexibility index (Phi) is 4.58. The van der Waals surface area contributed by atoms with Gasteiger partial charge in [0.2, 0.25) is 5.91 Å². The second kappa shape index (κ2) is 5.94. The highest BCUT2D eigenvalue weighted by molar-refractivity contribution is 6.01. The summed E-state index contributed by atoms with van der Waals surface area (Å²) in [5.74, 6) is -0.924. The largest absolute Gasteiger partial charge is 0.464 e. The zero-order valence-corrected chi connectivity index (χ0v) is 9.71. The molecule has 1 atom stereocenters. The van der Waals surface area contributed by atoms with Crippen molar-refractivity contribution in [1.29, 1.82) is 0 Å². The molecule has 0 saturated carbocycles. The van der Waals surface area contributed by atoms with E-state index in [4.69, 9.17) is 5.73 Å². The Bertz CT molecular complexity index is 403. The molecule has 0 saturated heterocycles. The van der Waals surface area contributed by atoms with Crippen LogP contribution in [0.25, 0.3) is 0 Å². The summed E-state index contributed by atoms with van der Waals surface area (Å²) in [7, 11) is 1.71. The van der Waals surface area contributed by atoms with E-state index < -0.39 is 17.9 Å². The summed E-state index contributed by atoms with van der Waals surface area (Å²) < 4.78 is 6.13. The second-order valence-corrected chi connectivity index (χ2v) is 3.28. The Hall–Kier alpha value is -1.96. The SMILES string of the molecule is CCOC(=O)C(N)C(=O)NCc1ncn(C)n1. The number of aromatic nitrogens is 3. The van der Waals surface area contributed by atoms with Crippen molar-refractivity contribution >= 4 is 11.9 Å². The van der Waals surface area contributed by atoms with Gasteiger partial charge < -0.3 is 15.8 Å². The third-order valence-corrected chi connectivity index (χ3v) is 1.89. The number of hydrogen-bond acceptors (Lipinski definition) is 6. The van der Waals surface area contributed by atoms with Crippen LogP contribution < -0.4 is 11.1 Å². The number of nitrogens with one attached hydrogen (secondary N) is 1. The number of nitrogens with zero attached hydrogens (tertiary/aromatic N) is 3. The summed E-state index contributed by atoms with van der Waals surface area (Å²) >= 11 is 0. The number of amides is 1. The number of carbonyl (C=O) groups is 2. The van der Waals surface area contributed by atoms with Gasteiger partial charge in [-0.15, -0.1) is 0 Å². The summed E-state index contributed by atoms with van der Waals surface area (Å²) in [4.78, 5) is 26.5. The third-order valence-electron chi connectivity index (χ3n) is 1.89. The maximum absolute atomic E-state index is 11.4. The van der Waals surface area contributed by atoms with Crippen LogP contribution in [0.1, 0.15) is 12.7 Å². The van der Waals surface area contributed by atoms with Gasteiger partial charge in [-0.1, -0.05) is 0 Å². The van der Waals surface area contributed by atoms with Crippen LogP contribution in [-0.4, -0.2) is 39.3 Å². The van der Waals surface area contributed by atoms with Crippen LogP contribution >= 0.6 is 0 Å². The fourth-order valence-electron chi connectivity index (χ4n) is 1.08. The minimum absolute atomic E-state index is 0.118. The normalized spacial score (nSPS) is 11.9. The smallest absolute Gasteiger partial charge is 0.332 e. The van der Waals surface area contributed by atoms with Gasteiger partial charge in [-0.25, -0.2) is 9.78 Å². The molecule has 0 radical (unpaired) electrons. The Morgan fingerprint density at radius 1 is 1.65 bits per heavy atom. The first-order valence-electron chi connectivity index (χ1n) is 5.09. The monoisotopic (exact) mass is 241 g/mol. The van der Waals surface area contributed by atoms with E-state index in [9.17, 15) is 9.59 Å². The van der Waals surface area contributed by atoms with E-state index in [1.54, 1.807) is 14.0 Å². The van der Waals surface area contributed by atoms with E-state index in [0.717, 1.165) is 0 Å². The first-order chi connectivity index (χ1) is 8.04. The van der Waals surface area contributed by atoms with Crippen molar-refractivity contribution in [2.75, 3.05) is 6.61 Å². The fraction of sp³-hybridized carbons (Fsp3) is 0.556. The zero-order valence-electron chi connectivity index (χ0n) is 9.71. The van der Waals surface area contributed by atoms with E-state index in [0.29, 0.717) is 5.82 Å². The summed E-state index contributed by atoms with van der Waals surface area (Å²) in [6.45, 7) is 1.94. The van der Waals surface area contributed by atoms with Crippen LogP contribution in [0, 0.1) is 0 Å². The van der Waals surface area contributed by atoms with Gasteiger partial charge in [0.15, 0.2) is 11.9 Å². The van der Waals surface area contributed by atoms with Crippen molar-refractivity contribution in [1.82, 2.24) is 20.1 Å². The lowest BCUT2D eigenvalue weighted by Gasteiger charge is -2.09. The van der Waals surface area contributed by atoms with Crippen LogP contribution in [0.3, 0.4) is 0 Å². The predicted molar refractivity (Wildman–Crippen MR) is 57.5 cm³/mol. The lowest BCUT2D eigenvalue weighted by atomic mass is 10.3. The Morgan fingerprint density at radius 2 is 2.35 bits per heavy atom. The molecule has 0 aromatic carbocycles. The number of ether oxygens (including phenoxy) is 1. The van der Waals surface area contributed by atoms with Crippen molar-refractivity contribution in [3.05, 3.63) is 12.2 Å². The van der Waals surface area contributed by atoms with Crippen molar-refractivity contribution in [3.8, 4) is 0 Å². The molecule has 17 heavy (non-hydrogen) atoms. The Labute approximate surface area is 98.1 Å². The highest BCUT2D eigenvalue weighted by Crippen LogP contribution is 1.90. The lowest BCUT2D eigenvalue weighted by Crippen LogP contribution is -2.46. The molecule has 94 valence electrons. The average molecular weight is 241 g/mol. The standard InChI is InChI=1S/C9H15N5O3/c1-3-17-9(16)7(10)8(15)11-4-6-12-5-14(2)13-6/h5,7H,3-4,10H2,1-2H3,(H,11,15). The summed E-state index contributed by atoms with van der Waals surface area (Å²) in [6.07, 6.45) is 1.51. The highest BCUT2D eigenvalue weighted by Gasteiger charge is 2.23. The maximum atomic E-state index is 11.4. The average Bonchev–Trinajstić information content (AvgIpc) is 2.71. The van der Waals surface area contributed by atoms with Crippen molar-refractivity contribution in [2.24, 2.45) is 12.8 Å². The molecule has 3 N–H and O–H groups in total. The lowest BCUT2D eigenvalue weighted by molar-refractivity contribution is -0.148. The first kappa shape index (κ1) is 13.1. The molecule has 0 bridgehead atoms. The van der Waals surface area contributed by atoms with Crippen molar-refractivity contribution in [3.63, 3.8) is 0 Å². The first-order valence-corrected chi connectivity index (χ1v) is 5.09. The van der Waals surface area contributed by atoms with Crippen LogP contribution in [0.5, 0.6) is 0 Å². The van der Waals surface area contributed by atoms with Gasteiger partial charge in [-0.05, 0) is 6.92 Å². The molecule has 8 nitrogen and oxygen atoms in total. The van der Waals surface area contributed by atoms with Crippen LogP contribution in [-0.2, 0) is 27.9 Å². The summed E-state index contributed by atoms with van der Waals surface area (Å²) in [6, 6.07) is -1.32. The molecule has 1 aromatic heterocycles. The minimum atomic E-state index is -1.32. The number of esters is 1. The third kappa shape index (κ3) is 3.83. The number of nitrogens with two attached hydrogens (primary N) is 1. The fourth-order valence-corrected chi connectivity index (χ4v) is 1.08. The van der Waals surface area contributed by atoms with Gasteiger partial charge in [0.1, 0.15) is 6.33 Å². The van der Waals surface area contributed by atoms with Gasteiger partial charge in [0, 0.05) is 7.05 Å². The molecule has 0 aliphatic heterocycles. The summed E-state index contributed by atoms with van der Waals surface area (Å²) in [5.41, 5.74) is 5.38. The molecule has 0 fully saturated rings. The Balaban J connectivity index is 2.41. The van der Waals surface area contributed by atoms with Crippen LogP contribution in [0.2, 0.25) is 0 Å². The molecule has 1 unspecified atom stereocenters. The molecule has 1 amide bonds.